The van der Waals surface area contributed by atoms with Crippen LogP contribution in [0.15, 0.2) is 95.2 Å². The van der Waals surface area contributed by atoms with Crippen LogP contribution in [0.4, 0.5) is 4.39 Å². The first-order valence-electron chi connectivity index (χ1n) is 14.1. The molecule has 9 nitrogen and oxygen atoms in total. The van der Waals surface area contributed by atoms with Crippen LogP contribution in [0.5, 0.6) is 11.5 Å². The number of aryl methyl sites for hydroxylation is 1. The van der Waals surface area contributed by atoms with Gasteiger partial charge < -0.3 is 24.6 Å². The fourth-order valence-corrected chi connectivity index (χ4v) is 5.20. The Bertz CT molecular complexity index is 1880. The highest BCUT2D eigenvalue weighted by Gasteiger charge is 2.21. The minimum atomic E-state index is -0.430. The van der Waals surface area contributed by atoms with Crippen molar-refractivity contribution >= 4 is 17.3 Å². The topological polar surface area (TPSA) is 106 Å². The average molecular weight is 630 g/mol. The quantitative estimate of drug-likeness (QED) is 0.106. The minimum Gasteiger partial charge on any atom is -0.497 e. The van der Waals surface area contributed by atoms with Gasteiger partial charge >= 0.3 is 0 Å². The summed E-state index contributed by atoms with van der Waals surface area (Å²) in [7, 11) is 3.15. The van der Waals surface area contributed by atoms with Crippen molar-refractivity contribution in [2.75, 3.05) is 14.2 Å². The highest BCUT2D eigenvalue weighted by atomic mass is 35.5. The zero-order valence-corrected chi connectivity index (χ0v) is 26.1. The normalized spacial score (nSPS) is 12.3. The minimum absolute atomic E-state index is 0.202. The second-order valence-corrected chi connectivity index (χ2v) is 10.8. The monoisotopic (exact) mass is 629 g/mol. The number of methoxy groups -OCH3 is 2. The molecule has 0 aliphatic rings. The zero-order chi connectivity index (χ0) is 32.1. The lowest BCUT2D eigenvalue weighted by molar-refractivity contribution is 0.106. The molecule has 2 heterocycles. The highest BCUT2D eigenvalue weighted by Crippen LogP contribution is 2.29. The second-order valence-electron chi connectivity index (χ2n) is 10.4. The number of ether oxygens (including phenoxy) is 3. The number of hydrogen-bond acceptors (Lipinski definition) is 7. The number of rotatable bonds is 11. The number of pyridine rings is 1. The van der Waals surface area contributed by atoms with Gasteiger partial charge in [0.25, 0.3) is 5.56 Å². The number of benzene rings is 3. The molecule has 5 rings (SSSR count). The summed E-state index contributed by atoms with van der Waals surface area (Å²) < 4.78 is 33.9. The van der Waals surface area contributed by atoms with Gasteiger partial charge in [0.1, 0.15) is 34.5 Å². The molecular formula is C34H33ClFN5O4. The molecule has 0 radical (unpaired) electrons. The second kappa shape index (κ2) is 13.8. The molecule has 0 spiro atoms. The SMILES string of the molecule is COc1ccc(COCc2cc(C(=NN)c3ccc(-n4cnc(C)c4Cl)c(OC)c3)c(=O)n([C@@H](C)c3ccc(F)cc3)c2)cc1. The summed E-state index contributed by atoms with van der Waals surface area (Å²) in [5, 5.41) is 4.51. The van der Waals surface area contributed by atoms with Crippen LogP contribution in [0.2, 0.25) is 5.15 Å². The molecule has 5 aromatic rings. The van der Waals surface area contributed by atoms with Gasteiger partial charge in [-0.1, -0.05) is 41.9 Å². The van der Waals surface area contributed by atoms with Gasteiger partial charge in [0.05, 0.1) is 50.4 Å². The zero-order valence-electron chi connectivity index (χ0n) is 25.3. The van der Waals surface area contributed by atoms with Gasteiger partial charge in [-0.05, 0) is 73.0 Å². The van der Waals surface area contributed by atoms with Gasteiger partial charge in [-0.25, -0.2) is 9.37 Å². The first-order chi connectivity index (χ1) is 21.7. The number of halogens is 2. The summed E-state index contributed by atoms with van der Waals surface area (Å²) in [6.07, 6.45) is 3.35. The predicted molar refractivity (Wildman–Crippen MR) is 172 cm³/mol. The first kappa shape index (κ1) is 31.5. The summed E-state index contributed by atoms with van der Waals surface area (Å²) >= 11 is 6.46. The predicted octanol–water partition coefficient (Wildman–Crippen LogP) is 6.19. The van der Waals surface area contributed by atoms with E-state index in [1.54, 1.807) is 65.2 Å². The third kappa shape index (κ3) is 6.77. The van der Waals surface area contributed by atoms with Crippen molar-refractivity contribution in [3.05, 3.63) is 140 Å². The Balaban J connectivity index is 1.54. The van der Waals surface area contributed by atoms with Gasteiger partial charge in [0.15, 0.2) is 0 Å². The van der Waals surface area contributed by atoms with Gasteiger partial charge in [-0.2, -0.15) is 5.10 Å². The summed E-state index contributed by atoms with van der Waals surface area (Å²) in [5.74, 6) is 6.83. The van der Waals surface area contributed by atoms with Crippen molar-refractivity contribution < 1.29 is 18.6 Å². The van der Waals surface area contributed by atoms with Crippen LogP contribution in [0, 0.1) is 12.7 Å². The maximum Gasteiger partial charge on any atom is 0.260 e. The molecule has 3 aromatic carbocycles. The van der Waals surface area contributed by atoms with Gasteiger partial charge in [0, 0.05) is 11.8 Å². The number of hydrogen-bond donors (Lipinski definition) is 1. The van der Waals surface area contributed by atoms with Crippen LogP contribution in [-0.4, -0.2) is 34.0 Å². The van der Waals surface area contributed by atoms with E-state index < -0.39 is 6.04 Å². The molecule has 45 heavy (non-hydrogen) atoms. The van der Waals surface area contributed by atoms with Crippen LogP contribution in [0.1, 0.15) is 46.5 Å². The molecule has 0 saturated heterocycles. The lowest BCUT2D eigenvalue weighted by Gasteiger charge is -2.20. The number of aromatic nitrogens is 3. The summed E-state index contributed by atoms with van der Waals surface area (Å²) in [6.45, 7) is 4.23. The van der Waals surface area contributed by atoms with Crippen LogP contribution in [0.25, 0.3) is 5.69 Å². The van der Waals surface area contributed by atoms with E-state index in [0.717, 1.165) is 22.4 Å². The molecule has 0 fully saturated rings. The fourth-order valence-electron chi connectivity index (χ4n) is 5.02. The summed E-state index contributed by atoms with van der Waals surface area (Å²) in [5.41, 5.74) is 4.53. The number of imidazole rings is 1. The summed E-state index contributed by atoms with van der Waals surface area (Å²) in [6, 6.07) is 20.3. The highest BCUT2D eigenvalue weighted by molar-refractivity contribution is 6.30. The van der Waals surface area contributed by atoms with E-state index in [1.165, 1.54) is 19.2 Å². The van der Waals surface area contributed by atoms with Crippen molar-refractivity contribution in [3.63, 3.8) is 0 Å². The van der Waals surface area contributed by atoms with Crippen molar-refractivity contribution in [2.24, 2.45) is 10.9 Å². The lowest BCUT2D eigenvalue weighted by atomic mass is 10.0. The Kier molecular flexibility index (Phi) is 9.65. The van der Waals surface area contributed by atoms with E-state index in [1.807, 2.05) is 38.1 Å². The summed E-state index contributed by atoms with van der Waals surface area (Å²) in [4.78, 5) is 18.3. The molecule has 11 heteroatoms. The van der Waals surface area contributed by atoms with E-state index in [-0.39, 0.29) is 29.3 Å². The van der Waals surface area contributed by atoms with E-state index in [2.05, 4.69) is 10.1 Å². The smallest absolute Gasteiger partial charge is 0.260 e. The Morgan fingerprint density at radius 1 is 1.00 bits per heavy atom. The first-order valence-corrected chi connectivity index (χ1v) is 14.5. The largest absolute Gasteiger partial charge is 0.497 e. The molecule has 0 bridgehead atoms. The third-order valence-electron chi connectivity index (χ3n) is 7.54. The van der Waals surface area contributed by atoms with Crippen LogP contribution in [-0.2, 0) is 18.0 Å². The molecule has 2 aromatic heterocycles. The van der Waals surface area contributed by atoms with E-state index in [4.69, 9.17) is 31.7 Å². The molecule has 0 aliphatic heterocycles. The van der Waals surface area contributed by atoms with Crippen molar-refractivity contribution in [1.82, 2.24) is 14.1 Å². The third-order valence-corrected chi connectivity index (χ3v) is 8.00. The van der Waals surface area contributed by atoms with Crippen molar-refractivity contribution in [1.29, 1.82) is 0 Å². The fraction of sp³-hybridized carbons (Fsp3) is 0.206. The molecule has 2 N–H and O–H groups in total. The average Bonchev–Trinajstić information content (AvgIpc) is 3.39. The maximum absolute atomic E-state index is 14.1. The Hall–Kier alpha value is -4.93. The van der Waals surface area contributed by atoms with Crippen molar-refractivity contribution in [2.45, 2.75) is 33.1 Å². The van der Waals surface area contributed by atoms with Gasteiger partial charge in [-0.15, -0.1) is 0 Å². The van der Waals surface area contributed by atoms with E-state index >= 15 is 0 Å². The van der Waals surface area contributed by atoms with Crippen LogP contribution < -0.4 is 20.9 Å². The molecule has 1 atom stereocenters. The molecule has 0 saturated carbocycles. The molecule has 0 amide bonds. The Morgan fingerprint density at radius 3 is 2.33 bits per heavy atom. The van der Waals surface area contributed by atoms with E-state index in [9.17, 15) is 9.18 Å². The lowest BCUT2D eigenvalue weighted by Crippen LogP contribution is -2.30. The number of nitrogens with zero attached hydrogens (tertiary/aromatic N) is 4. The molecular weight excluding hydrogens is 597 g/mol. The molecule has 0 aliphatic carbocycles. The van der Waals surface area contributed by atoms with Gasteiger partial charge in [0.2, 0.25) is 0 Å². The van der Waals surface area contributed by atoms with E-state index in [0.29, 0.717) is 34.5 Å². The Morgan fingerprint density at radius 2 is 1.71 bits per heavy atom. The number of nitrogens with two attached hydrogens (primary N) is 1. The number of hydrazone groups is 1. The Labute approximate surface area is 265 Å². The standard InChI is InChI=1S/C34H33ClFN5O4/c1-21-33(35)41(20-38-21)30-14-9-26(16-31(30)44-4)32(39-37)29-15-24(19-45-18-23-5-12-28(43-3)13-6-23)17-40(34(29)42)22(2)25-7-10-27(36)11-8-25/h5-17,20,22H,18-19,37H2,1-4H3/t22-/m0/s1. The van der Waals surface area contributed by atoms with Gasteiger partial charge in [-0.3, -0.25) is 9.36 Å². The van der Waals surface area contributed by atoms with Crippen LogP contribution >= 0.6 is 11.6 Å². The van der Waals surface area contributed by atoms with Crippen LogP contribution in [0.3, 0.4) is 0 Å². The molecule has 232 valence electrons. The van der Waals surface area contributed by atoms with Crippen molar-refractivity contribution in [3.8, 4) is 17.2 Å². The molecule has 0 unspecified atom stereocenters. The maximum atomic E-state index is 14.1.